The van der Waals surface area contributed by atoms with Crippen LogP contribution in [0.2, 0.25) is 0 Å². The summed E-state index contributed by atoms with van der Waals surface area (Å²) >= 11 is 0. The second-order valence-corrected chi connectivity index (χ2v) is 9.36. The Kier molecular flexibility index (Phi) is 7.86. The molecule has 2 nitrogen and oxygen atoms in total. The van der Waals surface area contributed by atoms with E-state index < -0.39 is 0 Å². The van der Waals surface area contributed by atoms with Gasteiger partial charge in [-0.15, -0.1) is 0 Å². The van der Waals surface area contributed by atoms with Crippen molar-refractivity contribution in [3.8, 4) is 5.75 Å². The van der Waals surface area contributed by atoms with Crippen LogP contribution in [0.15, 0.2) is 54.6 Å². The highest BCUT2D eigenvalue weighted by atomic mass is 16.7. The minimum Gasteiger partial charge on any atom is -0.465 e. The van der Waals surface area contributed by atoms with Crippen LogP contribution in [-0.2, 0) is 4.74 Å². The second-order valence-electron chi connectivity index (χ2n) is 9.36. The van der Waals surface area contributed by atoms with Crippen molar-refractivity contribution in [2.75, 3.05) is 6.61 Å². The Hall–Kier alpha value is -1.80. The molecule has 1 saturated carbocycles. The molecule has 1 aliphatic carbocycles. The van der Waals surface area contributed by atoms with Crippen molar-refractivity contribution in [2.24, 2.45) is 11.8 Å². The number of rotatable bonds is 8. The zero-order valence-corrected chi connectivity index (χ0v) is 18.6. The Bertz CT molecular complexity index is 725. The van der Waals surface area contributed by atoms with E-state index in [0.29, 0.717) is 5.92 Å². The van der Waals surface area contributed by atoms with Crippen LogP contribution in [0.4, 0.5) is 0 Å². The highest BCUT2D eigenvalue weighted by molar-refractivity contribution is 5.36. The first-order valence-corrected chi connectivity index (χ1v) is 12.2. The van der Waals surface area contributed by atoms with E-state index in [1.807, 2.05) is 0 Å². The molecule has 162 valence electrons. The third-order valence-electron chi connectivity index (χ3n) is 7.12. The van der Waals surface area contributed by atoms with Crippen LogP contribution in [0.3, 0.4) is 0 Å². The van der Waals surface area contributed by atoms with E-state index in [4.69, 9.17) is 9.47 Å². The Labute approximate surface area is 183 Å². The van der Waals surface area contributed by atoms with E-state index in [1.165, 1.54) is 62.5 Å². The van der Waals surface area contributed by atoms with Crippen LogP contribution in [0.5, 0.6) is 5.75 Å². The molecule has 1 saturated heterocycles. The van der Waals surface area contributed by atoms with Gasteiger partial charge in [0.1, 0.15) is 5.75 Å². The monoisotopic (exact) mass is 406 g/mol. The van der Waals surface area contributed by atoms with Gasteiger partial charge in [0.15, 0.2) is 6.29 Å². The van der Waals surface area contributed by atoms with Crippen LogP contribution in [-0.4, -0.2) is 12.9 Å². The average molecular weight is 407 g/mol. The minimum atomic E-state index is -0.0761. The van der Waals surface area contributed by atoms with Crippen molar-refractivity contribution in [2.45, 2.75) is 83.3 Å². The van der Waals surface area contributed by atoms with E-state index in [2.05, 4.69) is 61.5 Å². The molecule has 2 aliphatic rings. The fourth-order valence-corrected chi connectivity index (χ4v) is 5.38. The normalized spacial score (nSPS) is 25.6. The molecule has 30 heavy (non-hydrogen) atoms. The second kappa shape index (κ2) is 11.0. The van der Waals surface area contributed by atoms with Crippen LogP contribution < -0.4 is 4.74 Å². The lowest BCUT2D eigenvalue weighted by molar-refractivity contribution is -0.105. The van der Waals surface area contributed by atoms with Crippen LogP contribution in [0, 0.1) is 11.8 Å². The maximum absolute atomic E-state index is 6.06. The highest BCUT2D eigenvalue weighted by Crippen LogP contribution is 2.39. The van der Waals surface area contributed by atoms with Crippen molar-refractivity contribution in [1.29, 1.82) is 0 Å². The van der Waals surface area contributed by atoms with Crippen molar-refractivity contribution in [3.05, 3.63) is 65.7 Å². The van der Waals surface area contributed by atoms with Crippen molar-refractivity contribution < 1.29 is 9.47 Å². The van der Waals surface area contributed by atoms with Gasteiger partial charge in [-0.2, -0.15) is 0 Å². The SMILES string of the molecule is CCCC1CCC(CC(c2ccccc2)c2ccc(OC3CCCCO3)cc2)CC1. The summed E-state index contributed by atoms with van der Waals surface area (Å²) in [6.07, 6.45) is 12.9. The molecule has 4 rings (SSSR count). The number of hydrogen-bond donors (Lipinski definition) is 0. The van der Waals surface area contributed by atoms with Crippen molar-refractivity contribution in [1.82, 2.24) is 0 Å². The van der Waals surface area contributed by atoms with E-state index >= 15 is 0 Å². The summed E-state index contributed by atoms with van der Waals surface area (Å²) < 4.78 is 11.8. The summed E-state index contributed by atoms with van der Waals surface area (Å²) in [4.78, 5) is 0. The Morgan fingerprint density at radius 2 is 1.53 bits per heavy atom. The first kappa shape index (κ1) is 21.4. The number of ether oxygens (including phenoxy) is 2. The lowest BCUT2D eigenvalue weighted by Gasteiger charge is -2.31. The molecule has 2 fully saturated rings. The fourth-order valence-electron chi connectivity index (χ4n) is 5.38. The van der Waals surface area contributed by atoms with E-state index in [0.717, 1.165) is 37.0 Å². The van der Waals surface area contributed by atoms with Crippen LogP contribution >= 0.6 is 0 Å². The predicted molar refractivity (Wildman–Crippen MR) is 124 cm³/mol. The largest absolute Gasteiger partial charge is 0.465 e. The third kappa shape index (κ3) is 5.88. The standard InChI is InChI=1S/C28H38O2/c1-2-8-22-12-14-23(15-13-22)21-27(24-9-4-3-5-10-24)25-16-18-26(19-17-25)30-28-11-6-7-20-29-28/h3-5,9-10,16-19,22-23,27-28H,2,6-8,11-15,20-21H2,1H3. The van der Waals surface area contributed by atoms with Crippen LogP contribution in [0.1, 0.15) is 88.2 Å². The molecule has 0 amide bonds. The maximum atomic E-state index is 6.06. The molecule has 0 spiro atoms. The van der Waals surface area contributed by atoms with Gasteiger partial charge in [-0.1, -0.05) is 87.9 Å². The third-order valence-corrected chi connectivity index (χ3v) is 7.12. The van der Waals surface area contributed by atoms with Gasteiger partial charge in [-0.05, 0) is 54.4 Å². The van der Waals surface area contributed by atoms with Gasteiger partial charge < -0.3 is 9.47 Å². The molecule has 2 aromatic carbocycles. The lowest BCUT2D eigenvalue weighted by atomic mass is 9.74. The molecule has 2 unspecified atom stereocenters. The van der Waals surface area contributed by atoms with Gasteiger partial charge in [0.25, 0.3) is 0 Å². The minimum absolute atomic E-state index is 0.0761. The zero-order chi connectivity index (χ0) is 20.6. The molecule has 0 N–H and O–H groups in total. The van der Waals surface area contributed by atoms with E-state index in [-0.39, 0.29) is 6.29 Å². The molecule has 2 aromatic rings. The molecule has 0 bridgehead atoms. The highest BCUT2D eigenvalue weighted by Gasteiger charge is 2.25. The summed E-state index contributed by atoms with van der Waals surface area (Å²) in [6.45, 7) is 3.14. The Morgan fingerprint density at radius 3 is 2.20 bits per heavy atom. The molecule has 1 heterocycles. The smallest absolute Gasteiger partial charge is 0.199 e. The number of hydrogen-bond acceptors (Lipinski definition) is 2. The van der Waals surface area contributed by atoms with E-state index in [9.17, 15) is 0 Å². The van der Waals surface area contributed by atoms with Crippen LogP contribution in [0.25, 0.3) is 0 Å². The van der Waals surface area contributed by atoms with Gasteiger partial charge in [0.2, 0.25) is 0 Å². The van der Waals surface area contributed by atoms with Gasteiger partial charge in [-0.25, -0.2) is 0 Å². The predicted octanol–water partition coefficient (Wildman–Crippen LogP) is 7.72. The van der Waals surface area contributed by atoms with Gasteiger partial charge >= 0.3 is 0 Å². The van der Waals surface area contributed by atoms with E-state index in [1.54, 1.807) is 0 Å². The van der Waals surface area contributed by atoms with Gasteiger partial charge in [-0.3, -0.25) is 0 Å². The molecule has 0 aromatic heterocycles. The fraction of sp³-hybridized carbons (Fsp3) is 0.571. The topological polar surface area (TPSA) is 18.5 Å². The summed E-state index contributed by atoms with van der Waals surface area (Å²) in [5, 5.41) is 0. The molecular weight excluding hydrogens is 368 g/mol. The lowest BCUT2D eigenvalue weighted by Crippen LogP contribution is -2.24. The molecular formula is C28H38O2. The molecule has 2 heteroatoms. The molecule has 2 atom stereocenters. The summed E-state index contributed by atoms with van der Waals surface area (Å²) in [5.74, 6) is 3.21. The van der Waals surface area contributed by atoms with Crippen molar-refractivity contribution >= 4 is 0 Å². The average Bonchev–Trinajstić information content (AvgIpc) is 2.81. The van der Waals surface area contributed by atoms with Gasteiger partial charge in [0.05, 0.1) is 6.61 Å². The Morgan fingerprint density at radius 1 is 0.833 bits per heavy atom. The van der Waals surface area contributed by atoms with Crippen molar-refractivity contribution in [3.63, 3.8) is 0 Å². The molecule has 0 radical (unpaired) electrons. The quantitative estimate of drug-likeness (QED) is 0.447. The zero-order valence-electron chi connectivity index (χ0n) is 18.6. The van der Waals surface area contributed by atoms with Gasteiger partial charge in [0, 0.05) is 12.3 Å². The summed E-state index contributed by atoms with van der Waals surface area (Å²) in [5.41, 5.74) is 2.85. The number of benzene rings is 2. The summed E-state index contributed by atoms with van der Waals surface area (Å²) in [7, 11) is 0. The Balaban J connectivity index is 1.43. The summed E-state index contributed by atoms with van der Waals surface area (Å²) in [6, 6.07) is 19.9. The first-order valence-electron chi connectivity index (χ1n) is 12.2. The molecule has 1 aliphatic heterocycles. The first-order chi connectivity index (χ1) is 14.8. The maximum Gasteiger partial charge on any atom is 0.199 e.